The summed E-state index contributed by atoms with van der Waals surface area (Å²) >= 11 is 0. The van der Waals surface area contributed by atoms with Gasteiger partial charge >= 0.3 is 6.09 Å². The van der Waals surface area contributed by atoms with Crippen LogP contribution < -0.4 is 5.32 Å². The van der Waals surface area contributed by atoms with Crippen LogP contribution in [0.25, 0.3) is 0 Å². The highest BCUT2D eigenvalue weighted by Crippen LogP contribution is 2.39. The van der Waals surface area contributed by atoms with Crippen molar-refractivity contribution in [2.24, 2.45) is 0 Å². The molecule has 0 spiro atoms. The van der Waals surface area contributed by atoms with E-state index in [4.69, 9.17) is 9.16 Å². The molecule has 0 aliphatic carbocycles. The number of nitrogens with zero attached hydrogens (tertiary/aromatic N) is 1. The second-order valence-electron chi connectivity index (χ2n) is 10.2. The molecule has 0 saturated carbocycles. The lowest BCUT2D eigenvalue weighted by Gasteiger charge is -2.51. The lowest BCUT2D eigenvalue weighted by molar-refractivity contribution is -0.158. The summed E-state index contributed by atoms with van der Waals surface area (Å²) < 4.78 is 12.0. The van der Waals surface area contributed by atoms with Crippen molar-refractivity contribution >= 4 is 20.3 Å². The first-order valence-corrected chi connectivity index (χ1v) is 14.4. The Kier molecular flexibility index (Phi) is 7.64. The molecule has 0 bridgehead atoms. The molecule has 1 unspecified atom stereocenters. The number of β-lactam (4-membered cyclic amide) rings is 1. The van der Waals surface area contributed by atoms with Gasteiger partial charge < -0.3 is 19.4 Å². The summed E-state index contributed by atoms with van der Waals surface area (Å²) in [5.41, 5.74) is 1.94. The van der Waals surface area contributed by atoms with E-state index in [9.17, 15) is 9.59 Å². The predicted molar refractivity (Wildman–Crippen MR) is 132 cm³/mol. The van der Waals surface area contributed by atoms with Crippen LogP contribution in [-0.2, 0) is 27.1 Å². The minimum Gasteiger partial charge on any atom is -0.445 e. The van der Waals surface area contributed by atoms with Gasteiger partial charge in [-0.3, -0.25) is 4.79 Å². The number of alkyl carbamates (subject to hydrolysis) is 1. The molecule has 1 heterocycles. The van der Waals surface area contributed by atoms with Gasteiger partial charge in [-0.25, -0.2) is 4.79 Å². The molecule has 178 valence electrons. The van der Waals surface area contributed by atoms with Crippen LogP contribution in [0.4, 0.5) is 4.79 Å². The number of amides is 2. The highest BCUT2D eigenvalue weighted by atomic mass is 28.4. The van der Waals surface area contributed by atoms with Gasteiger partial charge in [-0.1, -0.05) is 81.4 Å². The van der Waals surface area contributed by atoms with E-state index < -0.39 is 20.5 Å². The van der Waals surface area contributed by atoms with Gasteiger partial charge in [0.2, 0.25) is 5.91 Å². The van der Waals surface area contributed by atoms with Crippen LogP contribution in [0.15, 0.2) is 60.7 Å². The Morgan fingerprint density at radius 1 is 1.03 bits per heavy atom. The summed E-state index contributed by atoms with van der Waals surface area (Å²) in [6.07, 6.45) is -0.826. The number of carbonyl (C=O) groups is 2. The predicted octanol–water partition coefficient (Wildman–Crippen LogP) is 5.10. The van der Waals surface area contributed by atoms with Gasteiger partial charge in [0, 0.05) is 6.54 Å². The van der Waals surface area contributed by atoms with E-state index in [-0.39, 0.29) is 29.7 Å². The van der Waals surface area contributed by atoms with E-state index in [0.717, 1.165) is 11.1 Å². The van der Waals surface area contributed by atoms with Crippen molar-refractivity contribution in [3.05, 3.63) is 71.8 Å². The number of carbonyl (C=O) groups excluding carboxylic acids is 2. The summed E-state index contributed by atoms with van der Waals surface area (Å²) in [6, 6.07) is 18.4. The monoisotopic (exact) mass is 468 g/mol. The molecular weight excluding hydrogens is 432 g/mol. The molecule has 1 aliphatic rings. The summed E-state index contributed by atoms with van der Waals surface area (Å²) in [5.74, 6) is -0.119. The van der Waals surface area contributed by atoms with Crippen LogP contribution in [0.2, 0.25) is 18.1 Å². The SMILES string of the molecule is CC(O[Si](C)(C)C(C)(C)C)[C@@H]1[C@H](NC(=O)OCc2ccccc2)C(=O)N1Cc1ccccc1. The maximum Gasteiger partial charge on any atom is 0.408 e. The number of rotatable bonds is 8. The molecule has 2 aromatic carbocycles. The number of hydrogen-bond donors (Lipinski definition) is 1. The van der Waals surface area contributed by atoms with Crippen molar-refractivity contribution in [1.29, 1.82) is 0 Å². The van der Waals surface area contributed by atoms with Gasteiger partial charge in [-0.05, 0) is 36.2 Å². The van der Waals surface area contributed by atoms with Crippen LogP contribution in [0.3, 0.4) is 0 Å². The molecule has 0 aromatic heterocycles. The summed E-state index contributed by atoms with van der Waals surface area (Å²) in [6.45, 7) is 13.6. The van der Waals surface area contributed by atoms with E-state index in [2.05, 4.69) is 39.2 Å². The number of ether oxygens (including phenoxy) is 1. The van der Waals surface area contributed by atoms with Crippen LogP contribution in [0.5, 0.6) is 0 Å². The molecule has 1 N–H and O–H groups in total. The van der Waals surface area contributed by atoms with Gasteiger partial charge in [0.25, 0.3) is 0 Å². The topological polar surface area (TPSA) is 67.9 Å². The van der Waals surface area contributed by atoms with E-state index in [1.54, 1.807) is 4.90 Å². The first-order valence-electron chi connectivity index (χ1n) is 11.5. The normalized spacial score (nSPS) is 19.6. The Morgan fingerprint density at radius 3 is 2.12 bits per heavy atom. The Hall–Kier alpha value is -2.64. The molecule has 6 nitrogen and oxygen atoms in total. The number of benzene rings is 2. The van der Waals surface area contributed by atoms with Gasteiger partial charge in [-0.2, -0.15) is 0 Å². The smallest absolute Gasteiger partial charge is 0.408 e. The van der Waals surface area contributed by atoms with Crippen LogP contribution in [0.1, 0.15) is 38.8 Å². The molecule has 1 fully saturated rings. The zero-order chi connectivity index (χ0) is 24.2. The molecule has 2 amide bonds. The van der Waals surface area contributed by atoms with E-state index in [0.29, 0.717) is 6.54 Å². The maximum absolute atomic E-state index is 13.1. The van der Waals surface area contributed by atoms with Crippen molar-refractivity contribution in [3.63, 3.8) is 0 Å². The zero-order valence-electron chi connectivity index (χ0n) is 20.5. The third-order valence-corrected chi connectivity index (χ3v) is 11.3. The fourth-order valence-corrected chi connectivity index (χ4v) is 5.23. The largest absolute Gasteiger partial charge is 0.445 e. The van der Waals surface area contributed by atoms with Crippen LogP contribution in [0, 0.1) is 0 Å². The average Bonchev–Trinajstić information content (AvgIpc) is 2.76. The third kappa shape index (κ3) is 6.03. The first kappa shape index (κ1) is 25.0. The molecule has 33 heavy (non-hydrogen) atoms. The van der Waals surface area contributed by atoms with Crippen molar-refractivity contribution in [3.8, 4) is 0 Å². The van der Waals surface area contributed by atoms with E-state index in [1.165, 1.54) is 0 Å². The summed E-state index contributed by atoms with van der Waals surface area (Å²) in [7, 11) is -2.07. The molecule has 3 rings (SSSR count). The van der Waals surface area contributed by atoms with Crippen molar-refractivity contribution < 1.29 is 18.8 Å². The fourth-order valence-electron chi connectivity index (χ4n) is 3.81. The minimum atomic E-state index is -2.07. The first-order chi connectivity index (χ1) is 15.5. The Bertz CT molecular complexity index is 944. The van der Waals surface area contributed by atoms with Gasteiger partial charge in [0.15, 0.2) is 8.32 Å². The fraction of sp³-hybridized carbons (Fsp3) is 0.462. The van der Waals surface area contributed by atoms with Gasteiger partial charge in [0.05, 0.1) is 12.1 Å². The van der Waals surface area contributed by atoms with Crippen LogP contribution in [-0.4, -0.2) is 43.4 Å². The standard InChI is InChI=1S/C26H36N2O4Si/c1-19(32-33(5,6)26(2,3)4)23-22(24(29)28(23)17-20-13-9-7-10-14-20)27-25(30)31-18-21-15-11-8-12-16-21/h7-16,19,22-23H,17-18H2,1-6H3,(H,27,30)/t19?,22-,23+/m0/s1. The highest BCUT2D eigenvalue weighted by Gasteiger charge is 2.53. The Labute approximate surface area is 198 Å². The molecule has 3 atom stereocenters. The molecule has 1 aliphatic heterocycles. The van der Waals surface area contributed by atoms with Crippen molar-refractivity contribution in [2.75, 3.05) is 0 Å². The maximum atomic E-state index is 13.1. The molecule has 7 heteroatoms. The van der Waals surface area contributed by atoms with Crippen molar-refractivity contribution in [1.82, 2.24) is 10.2 Å². The number of likely N-dealkylation sites (tertiary alicyclic amines) is 1. The Morgan fingerprint density at radius 2 is 1.58 bits per heavy atom. The quantitative estimate of drug-likeness (QED) is 0.432. The molecular formula is C26H36N2O4Si. The minimum absolute atomic E-state index is 0.0385. The summed E-state index contributed by atoms with van der Waals surface area (Å²) in [4.78, 5) is 27.4. The second kappa shape index (κ2) is 10.1. The highest BCUT2D eigenvalue weighted by molar-refractivity contribution is 6.74. The lowest BCUT2D eigenvalue weighted by atomic mass is 9.90. The molecule has 1 saturated heterocycles. The lowest BCUT2D eigenvalue weighted by Crippen LogP contribution is -2.74. The van der Waals surface area contributed by atoms with Crippen LogP contribution >= 0.6 is 0 Å². The van der Waals surface area contributed by atoms with E-state index >= 15 is 0 Å². The number of nitrogens with one attached hydrogen (secondary N) is 1. The molecule has 2 aromatic rings. The molecule has 0 radical (unpaired) electrons. The Balaban J connectivity index is 1.71. The average molecular weight is 469 g/mol. The third-order valence-electron chi connectivity index (χ3n) is 6.70. The van der Waals surface area contributed by atoms with Gasteiger partial charge in [0.1, 0.15) is 12.6 Å². The van der Waals surface area contributed by atoms with E-state index in [1.807, 2.05) is 67.6 Å². The van der Waals surface area contributed by atoms with Gasteiger partial charge in [-0.15, -0.1) is 0 Å². The zero-order valence-corrected chi connectivity index (χ0v) is 21.5. The van der Waals surface area contributed by atoms with Crippen molar-refractivity contribution in [2.45, 2.75) is 77.2 Å². The number of hydrogen-bond acceptors (Lipinski definition) is 4. The second-order valence-corrected chi connectivity index (χ2v) is 15.0. The summed E-state index contributed by atoms with van der Waals surface area (Å²) in [5, 5.41) is 2.83.